The first-order valence-electron chi connectivity index (χ1n) is 10.4. The molecular weight excluding hydrogens is 387 g/mol. The number of rotatable bonds is 8. The van der Waals surface area contributed by atoms with Crippen molar-refractivity contribution in [1.29, 1.82) is 0 Å². The van der Waals surface area contributed by atoms with Crippen LogP contribution in [0, 0.1) is 23.6 Å². The molecule has 6 heteroatoms. The molecule has 2 N–H and O–H groups in total. The number of pyridine rings is 1. The van der Waals surface area contributed by atoms with Crippen LogP contribution in [0.1, 0.15) is 54.1 Å². The standard InChI is InChI=1S/C23H27FN2O2S/c24-19-7-5-16(6-8-19)21(27)9-11-29-23-20(2-1-10-25-23)22(28)26-14-18-13-15-3-4-17(18)12-15/h1-2,5-8,10,15,17-18,21,27H,3-4,9,11-14H2,(H,26,28). The number of fused-ring (bicyclic) bond motifs is 2. The Balaban J connectivity index is 1.29. The van der Waals surface area contributed by atoms with Crippen LogP contribution in [-0.2, 0) is 0 Å². The number of benzene rings is 1. The molecule has 2 aliphatic carbocycles. The average Bonchev–Trinajstić information content (AvgIpc) is 3.36. The minimum atomic E-state index is -0.665. The number of hydrogen-bond donors (Lipinski definition) is 2. The third-order valence-corrected chi connectivity index (χ3v) is 7.35. The van der Waals surface area contributed by atoms with Crippen LogP contribution in [0.3, 0.4) is 0 Å². The lowest BCUT2D eigenvalue weighted by molar-refractivity contribution is 0.0938. The van der Waals surface area contributed by atoms with Crippen molar-refractivity contribution in [2.45, 2.75) is 43.2 Å². The van der Waals surface area contributed by atoms with Crippen molar-refractivity contribution >= 4 is 17.7 Å². The molecule has 0 saturated heterocycles. The number of thioether (sulfide) groups is 1. The zero-order valence-corrected chi connectivity index (χ0v) is 17.2. The quantitative estimate of drug-likeness (QED) is 0.620. The van der Waals surface area contributed by atoms with Gasteiger partial charge in [0, 0.05) is 18.5 Å². The van der Waals surface area contributed by atoms with Crippen LogP contribution in [0.5, 0.6) is 0 Å². The number of carbonyl (C=O) groups is 1. The van der Waals surface area contributed by atoms with E-state index < -0.39 is 6.10 Å². The lowest BCUT2D eigenvalue weighted by Crippen LogP contribution is -2.32. The van der Waals surface area contributed by atoms with Crippen molar-refractivity contribution in [3.8, 4) is 0 Å². The van der Waals surface area contributed by atoms with E-state index in [1.807, 2.05) is 6.07 Å². The van der Waals surface area contributed by atoms with E-state index in [1.54, 1.807) is 24.4 Å². The molecule has 4 unspecified atom stereocenters. The maximum absolute atomic E-state index is 13.0. The maximum Gasteiger partial charge on any atom is 0.254 e. The zero-order chi connectivity index (χ0) is 20.2. The second-order valence-electron chi connectivity index (χ2n) is 8.21. The first-order valence-corrected chi connectivity index (χ1v) is 11.4. The first-order chi connectivity index (χ1) is 14.1. The summed E-state index contributed by atoms with van der Waals surface area (Å²) in [5.41, 5.74) is 1.29. The van der Waals surface area contributed by atoms with Gasteiger partial charge in [0.05, 0.1) is 11.7 Å². The van der Waals surface area contributed by atoms with Gasteiger partial charge in [0.15, 0.2) is 0 Å². The molecule has 1 aromatic carbocycles. The topological polar surface area (TPSA) is 62.2 Å². The van der Waals surface area contributed by atoms with Crippen molar-refractivity contribution in [2.75, 3.05) is 12.3 Å². The van der Waals surface area contributed by atoms with Crippen LogP contribution in [0.25, 0.3) is 0 Å². The maximum atomic E-state index is 13.0. The molecule has 0 radical (unpaired) electrons. The van der Waals surface area contributed by atoms with Crippen molar-refractivity contribution in [1.82, 2.24) is 10.3 Å². The molecule has 1 aromatic heterocycles. The fourth-order valence-corrected chi connectivity index (χ4v) is 5.73. The summed E-state index contributed by atoms with van der Waals surface area (Å²) in [5.74, 6) is 2.51. The van der Waals surface area contributed by atoms with Crippen LogP contribution in [0.2, 0.25) is 0 Å². The number of aliphatic hydroxyl groups is 1. The van der Waals surface area contributed by atoms with E-state index in [2.05, 4.69) is 10.3 Å². The van der Waals surface area contributed by atoms with Gasteiger partial charge in [0.25, 0.3) is 5.91 Å². The Bertz CT molecular complexity index is 845. The molecule has 29 heavy (non-hydrogen) atoms. The fourth-order valence-electron chi connectivity index (χ4n) is 4.74. The van der Waals surface area contributed by atoms with Crippen molar-refractivity contribution in [2.24, 2.45) is 17.8 Å². The van der Waals surface area contributed by atoms with Gasteiger partial charge in [-0.2, -0.15) is 0 Å². The molecule has 0 aliphatic heterocycles. The van der Waals surface area contributed by atoms with Crippen LogP contribution in [0.15, 0.2) is 47.6 Å². The van der Waals surface area contributed by atoms with Crippen molar-refractivity contribution < 1.29 is 14.3 Å². The highest BCUT2D eigenvalue weighted by molar-refractivity contribution is 7.99. The lowest BCUT2D eigenvalue weighted by atomic mass is 9.89. The summed E-state index contributed by atoms with van der Waals surface area (Å²) >= 11 is 1.47. The highest BCUT2D eigenvalue weighted by atomic mass is 32.2. The largest absolute Gasteiger partial charge is 0.388 e. The summed E-state index contributed by atoms with van der Waals surface area (Å²) < 4.78 is 13.0. The monoisotopic (exact) mass is 414 g/mol. The molecule has 2 bridgehead atoms. The molecule has 1 amide bonds. The summed E-state index contributed by atoms with van der Waals surface area (Å²) in [6, 6.07) is 9.48. The Morgan fingerprint density at radius 2 is 2.07 bits per heavy atom. The van der Waals surface area contributed by atoms with E-state index in [0.717, 1.165) is 18.4 Å². The molecule has 4 rings (SSSR count). The fraction of sp³-hybridized carbons (Fsp3) is 0.478. The Morgan fingerprint density at radius 3 is 2.79 bits per heavy atom. The van der Waals surface area contributed by atoms with E-state index in [0.29, 0.717) is 34.2 Å². The van der Waals surface area contributed by atoms with Gasteiger partial charge >= 0.3 is 0 Å². The first kappa shape index (κ1) is 20.4. The number of carbonyl (C=O) groups excluding carboxylic acids is 1. The summed E-state index contributed by atoms with van der Waals surface area (Å²) in [7, 11) is 0. The molecule has 2 aromatic rings. The van der Waals surface area contributed by atoms with Gasteiger partial charge in [-0.3, -0.25) is 4.79 Å². The molecule has 4 nitrogen and oxygen atoms in total. The van der Waals surface area contributed by atoms with Crippen LogP contribution < -0.4 is 5.32 Å². The van der Waals surface area contributed by atoms with Crippen LogP contribution in [-0.4, -0.2) is 28.3 Å². The molecule has 2 fully saturated rings. The van der Waals surface area contributed by atoms with E-state index in [-0.39, 0.29) is 11.7 Å². The van der Waals surface area contributed by atoms with Crippen LogP contribution >= 0.6 is 11.8 Å². The third-order valence-electron chi connectivity index (χ3n) is 6.31. The number of aliphatic hydroxyl groups excluding tert-OH is 1. The number of hydrogen-bond acceptors (Lipinski definition) is 4. The number of nitrogens with zero attached hydrogens (tertiary/aromatic N) is 1. The second kappa shape index (κ2) is 9.26. The molecule has 2 saturated carbocycles. The molecule has 0 spiro atoms. The van der Waals surface area contributed by atoms with E-state index in [4.69, 9.17) is 0 Å². The average molecular weight is 415 g/mol. The number of amides is 1. The summed E-state index contributed by atoms with van der Waals surface area (Å²) in [4.78, 5) is 17.1. The van der Waals surface area contributed by atoms with E-state index in [1.165, 1.54) is 49.6 Å². The van der Waals surface area contributed by atoms with Gasteiger partial charge in [-0.25, -0.2) is 9.37 Å². The molecule has 154 valence electrons. The summed E-state index contributed by atoms with van der Waals surface area (Å²) in [6.45, 7) is 0.752. The normalized spacial score (nSPS) is 23.9. The van der Waals surface area contributed by atoms with Crippen molar-refractivity contribution in [3.63, 3.8) is 0 Å². The Hall–Kier alpha value is -1.92. The SMILES string of the molecule is O=C(NCC1CC2CCC1C2)c1cccnc1SCCC(O)c1ccc(F)cc1. The zero-order valence-electron chi connectivity index (χ0n) is 16.4. The van der Waals surface area contributed by atoms with Gasteiger partial charge in [0.2, 0.25) is 0 Å². The van der Waals surface area contributed by atoms with E-state index in [9.17, 15) is 14.3 Å². The van der Waals surface area contributed by atoms with Gasteiger partial charge in [-0.15, -0.1) is 11.8 Å². The molecule has 2 aliphatic rings. The summed E-state index contributed by atoms with van der Waals surface area (Å²) in [5, 5.41) is 14.1. The predicted molar refractivity (Wildman–Crippen MR) is 112 cm³/mol. The number of halogens is 1. The van der Waals surface area contributed by atoms with Crippen molar-refractivity contribution in [3.05, 3.63) is 59.5 Å². The molecule has 4 atom stereocenters. The van der Waals surface area contributed by atoms with Gasteiger partial charge in [-0.1, -0.05) is 18.6 Å². The molecular formula is C23H27FN2O2S. The third kappa shape index (κ3) is 4.98. The van der Waals surface area contributed by atoms with Gasteiger partial charge in [-0.05, 0) is 73.3 Å². The molecule has 1 heterocycles. The van der Waals surface area contributed by atoms with Crippen LogP contribution in [0.4, 0.5) is 4.39 Å². The Kier molecular flexibility index (Phi) is 6.50. The minimum absolute atomic E-state index is 0.0672. The highest BCUT2D eigenvalue weighted by Gasteiger charge is 2.39. The Morgan fingerprint density at radius 1 is 1.24 bits per heavy atom. The van der Waals surface area contributed by atoms with E-state index >= 15 is 0 Å². The highest BCUT2D eigenvalue weighted by Crippen LogP contribution is 2.47. The Labute approximate surface area is 175 Å². The van der Waals surface area contributed by atoms with Gasteiger partial charge < -0.3 is 10.4 Å². The second-order valence-corrected chi connectivity index (χ2v) is 9.29. The smallest absolute Gasteiger partial charge is 0.254 e. The predicted octanol–water partition coefficient (Wildman–Crippen LogP) is 4.60. The minimum Gasteiger partial charge on any atom is -0.388 e. The van der Waals surface area contributed by atoms with Gasteiger partial charge in [0.1, 0.15) is 10.8 Å². The lowest BCUT2D eigenvalue weighted by Gasteiger charge is -2.22. The summed E-state index contributed by atoms with van der Waals surface area (Å²) in [6.07, 6.45) is 6.79. The number of aromatic nitrogens is 1. The number of nitrogens with one attached hydrogen (secondary N) is 1.